The van der Waals surface area contributed by atoms with E-state index in [2.05, 4.69) is 15.3 Å². The van der Waals surface area contributed by atoms with E-state index in [1.54, 1.807) is 13.4 Å². The molecule has 0 saturated heterocycles. The topological polar surface area (TPSA) is 70.2 Å². The fourth-order valence-corrected chi connectivity index (χ4v) is 1.32. The van der Waals surface area contributed by atoms with E-state index in [1.165, 1.54) is 0 Å². The molecule has 1 unspecified atom stereocenters. The third-order valence-corrected chi connectivity index (χ3v) is 2.24. The second-order valence-corrected chi connectivity index (χ2v) is 3.55. The molecule has 0 aromatic carbocycles. The normalized spacial score (nSPS) is 13.0. The SMILES string of the molecule is COCC(O)CCNCc1nc[nH]c1C. The highest BCUT2D eigenvalue weighted by atomic mass is 16.5. The van der Waals surface area contributed by atoms with Crippen LogP contribution in [0.2, 0.25) is 0 Å². The lowest BCUT2D eigenvalue weighted by Gasteiger charge is -2.09. The van der Waals surface area contributed by atoms with Gasteiger partial charge >= 0.3 is 0 Å². The van der Waals surface area contributed by atoms with E-state index in [0.717, 1.165) is 24.5 Å². The molecule has 0 amide bonds. The summed E-state index contributed by atoms with van der Waals surface area (Å²) < 4.78 is 4.83. The van der Waals surface area contributed by atoms with Crippen molar-refractivity contribution in [2.75, 3.05) is 20.3 Å². The number of rotatable bonds is 7. The van der Waals surface area contributed by atoms with Crippen LogP contribution >= 0.6 is 0 Å². The first-order chi connectivity index (χ1) is 7.24. The summed E-state index contributed by atoms with van der Waals surface area (Å²) in [5.74, 6) is 0. The molecule has 5 heteroatoms. The highest BCUT2D eigenvalue weighted by Gasteiger charge is 2.03. The van der Waals surface area contributed by atoms with Crippen molar-refractivity contribution in [3.8, 4) is 0 Å². The number of nitrogens with one attached hydrogen (secondary N) is 2. The van der Waals surface area contributed by atoms with Crippen molar-refractivity contribution in [1.82, 2.24) is 15.3 Å². The zero-order chi connectivity index (χ0) is 11.1. The third kappa shape index (κ3) is 4.42. The number of ether oxygens (including phenoxy) is 1. The Morgan fingerprint density at radius 3 is 3.07 bits per heavy atom. The van der Waals surface area contributed by atoms with Gasteiger partial charge in [-0.25, -0.2) is 4.98 Å². The second kappa shape index (κ2) is 6.55. The summed E-state index contributed by atoms with van der Waals surface area (Å²) >= 11 is 0. The Balaban J connectivity index is 2.09. The predicted octanol–water partition coefficient (Wildman–Crippen LogP) is 0.205. The van der Waals surface area contributed by atoms with Crippen LogP contribution < -0.4 is 5.32 Å². The summed E-state index contributed by atoms with van der Waals surface area (Å²) in [6, 6.07) is 0. The fourth-order valence-electron chi connectivity index (χ4n) is 1.32. The molecule has 1 heterocycles. The Morgan fingerprint density at radius 1 is 1.67 bits per heavy atom. The molecule has 1 rings (SSSR count). The maximum atomic E-state index is 9.37. The predicted molar refractivity (Wildman–Crippen MR) is 57.5 cm³/mol. The molecule has 1 atom stereocenters. The number of aromatic amines is 1. The summed E-state index contributed by atoms with van der Waals surface area (Å²) in [4.78, 5) is 7.18. The lowest BCUT2D eigenvalue weighted by atomic mass is 10.2. The van der Waals surface area contributed by atoms with Crippen molar-refractivity contribution in [2.45, 2.75) is 26.0 Å². The van der Waals surface area contributed by atoms with Gasteiger partial charge in [-0.05, 0) is 19.9 Å². The van der Waals surface area contributed by atoms with E-state index in [0.29, 0.717) is 13.0 Å². The van der Waals surface area contributed by atoms with Crippen LogP contribution in [0.25, 0.3) is 0 Å². The van der Waals surface area contributed by atoms with Crippen LogP contribution in [0, 0.1) is 6.92 Å². The Morgan fingerprint density at radius 2 is 2.47 bits per heavy atom. The molecule has 0 aliphatic heterocycles. The van der Waals surface area contributed by atoms with Gasteiger partial charge in [-0.15, -0.1) is 0 Å². The molecule has 3 N–H and O–H groups in total. The van der Waals surface area contributed by atoms with Gasteiger partial charge in [-0.3, -0.25) is 0 Å². The molecule has 0 aliphatic carbocycles. The molecule has 86 valence electrons. The van der Waals surface area contributed by atoms with Crippen molar-refractivity contribution in [1.29, 1.82) is 0 Å². The van der Waals surface area contributed by atoms with Gasteiger partial charge in [0.05, 0.1) is 24.7 Å². The Labute approximate surface area is 89.9 Å². The van der Waals surface area contributed by atoms with Crippen LogP contribution in [0.4, 0.5) is 0 Å². The van der Waals surface area contributed by atoms with E-state index in [9.17, 15) is 5.11 Å². The first kappa shape index (κ1) is 12.2. The van der Waals surface area contributed by atoms with Crippen LogP contribution in [0.5, 0.6) is 0 Å². The van der Waals surface area contributed by atoms with Gasteiger partial charge < -0.3 is 20.1 Å². The van der Waals surface area contributed by atoms with Crippen LogP contribution in [-0.2, 0) is 11.3 Å². The molecule has 0 fully saturated rings. The van der Waals surface area contributed by atoms with Gasteiger partial charge in [0.25, 0.3) is 0 Å². The number of aliphatic hydroxyl groups excluding tert-OH is 1. The minimum Gasteiger partial charge on any atom is -0.391 e. The number of methoxy groups -OCH3 is 1. The van der Waals surface area contributed by atoms with Gasteiger partial charge in [0.2, 0.25) is 0 Å². The molecule has 0 radical (unpaired) electrons. The molecular weight excluding hydrogens is 194 g/mol. The number of imidazole rings is 1. The molecule has 5 nitrogen and oxygen atoms in total. The average molecular weight is 213 g/mol. The maximum Gasteiger partial charge on any atom is 0.0925 e. The number of hydrogen-bond acceptors (Lipinski definition) is 4. The van der Waals surface area contributed by atoms with Crippen LogP contribution in [0.1, 0.15) is 17.8 Å². The standard InChI is InChI=1S/C10H19N3O2/c1-8-10(13-7-12-8)5-11-4-3-9(14)6-15-2/h7,9,11,14H,3-6H2,1-2H3,(H,12,13). The molecule has 0 spiro atoms. The highest BCUT2D eigenvalue weighted by molar-refractivity contribution is 5.07. The third-order valence-electron chi connectivity index (χ3n) is 2.24. The Kier molecular flexibility index (Phi) is 5.31. The van der Waals surface area contributed by atoms with Crippen molar-refractivity contribution < 1.29 is 9.84 Å². The van der Waals surface area contributed by atoms with Crippen molar-refractivity contribution in [2.24, 2.45) is 0 Å². The second-order valence-electron chi connectivity index (χ2n) is 3.55. The Bertz CT molecular complexity index is 275. The number of aryl methyl sites for hydroxylation is 1. The fraction of sp³-hybridized carbons (Fsp3) is 0.700. The van der Waals surface area contributed by atoms with Gasteiger partial charge in [0, 0.05) is 19.3 Å². The zero-order valence-electron chi connectivity index (χ0n) is 9.29. The molecule has 0 saturated carbocycles. The summed E-state index contributed by atoms with van der Waals surface area (Å²) in [6.07, 6.45) is 1.99. The number of aliphatic hydroxyl groups is 1. The first-order valence-corrected chi connectivity index (χ1v) is 5.10. The lowest BCUT2D eigenvalue weighted by Crippen LogP contribution is -2.23. The quantitative estimate of drug-likeness (QED) is 0.566. The van der Waals surface area contributed by atoms with E-state index in [1.807, 2.05) is 6.92 Å². The molecular formula is C10H19N3O2. The van der Waals surface area contributed by atoms with E-state index in [-0.39, 0.29) is 6.10 Å². The summed E-state index contributed by atoms with van der Waals surface area (Å²) in [5.41, 5.74) is 2.11. The van der Waals surface area contributed by atoms with Crippen LogP contribution in [-0.4, -0.2) is 41.4 Å². The van der Waals surface area contributed by atoms with Crippen LogP contribution in [0.15, 0.2) is 6.33 Å². The summed E-state index contributed by atoms with van der Waals surface area (Å²) in [6.45, 7) is 3.87. The lowest BCUT2D eigenvalue weighted by molar-refractivity contribution is 0.0594. The molecule has 15 heavy (non-hydrogen) atoms. The minimum atomic E-state index is -0.386. The Hall–Kier alpha value is -0.910. The minimum absolute atomic E-state index is 0.386. The van der Waals surface area contributed by atoms with Gasteiger partial charge in [-0.2, -0.15) is 0 Å². The monoisotopic (exact) mass is 213 g/mol. The zero-order valence-corrected chi connectivity index (χ0v) is 9.29. The molecule has 1 aromatic rings. The summed E-state index contributed by atoms with van der Waals surface area (Å²) in [5, 5.41) is 12.6. The van der Waals surface area contributed by atoms with Crippen molar-refractivity contribution >= 4 is 0 Å². The van der Waals surface area contributed by atoms with Gasteiger partial charge in [-0.1, -0.05) is 0 Å². The van der Waals surface area contributed by atoms with Crippen molar-refractivity contribution in [3.05, 3.63) is 17.7 Å². The number of nitrogens with zero attached hydrogens (tertiary/aromatic N) is 1. The van der Waals surface area contributed by atoms with E-state index in [4.69, 9.17) is 4.74 Å². The number of H-pyrrole nitrogens is 1. The molecule has 0 bridgehead atoms. The highest BCUT2D eigenvalue weighted by Crippen LogP contribution is 1.99. The van der Waals surface area contributed by atoms with Crippen molar-refractivity contribution in [3.63, 3.8) is 0 Å². The first-order valence-electron chi connectivity index (χ1n) is 5.10. The van der Waals surface area contributed by atoms with Crippen LogP contribution in [0.3, 0.4) is 0 Å². The van der Waals surface area contributed by atoms with E-state index < -0.39 is 0 Å². The maximum absolute atomic E-state index is 9.37. The summed E-state index contributed by atoms with van der Waals surface area (Å²) in [7, 11) is 1.59. The largest absolute Gasteiger partial charge is 0.391 e. The molecule has 1 aromatic heterocycles. The number of aromatic nitrogens is 2. The smallest absolute Gasteiger partial charge is 0.0925 e. The van der Waals surface area contributed by atoms with Gasteiger partial charge in [0.15, 0.2) is 0 Å². The number of hydrogen-bond donors (Lipinski definition) is 3. The average Bonchev–Trinajstić information content (AvgIpc) is 2.60. The van der Waals surface area contributed by atoms with Gasteiger partial charge in [0.1, 0.15) is 0 Å². The molecule has 0 aliphatic rings. The van der Waals surface area contributed by atoms with E-state index >= 15 is 0 Å².